The highest BCUT2D eigenvalue weighted by atomic mass is 16.1. The molecular weight excluding hydrogens is 250 g/mol. The Morgan fingerprint density at radius 1 is 1.15 bits per heavy atom. The summed E-state index contributed by atoms with van der Waals surface area (Å²) in [5.41, 5.74) is 3.70. The van der Waals surface area contributed by atoms with Gasteiger partial charge in [0.25, 0.3) is 0 Å². The highest BCUT2D eigenvalue weighted by Gasteiger charge is 2.15. The molecule has 100 valence electrons. The Morgan fingerprint density at radius 3 is 2.60 bits per heavy atom. The number of anilines is 1. The van der Waals surface area contributed by atoms with Gasteiger partial charge in [-0.05, 0) is 18.6 Å². The molecule has 0 aliphatic rings. The monoisotopic (exact) mass is 265 g/mol. The molecule has 0 saturated carbocycles. The van der Waals surface area contributed by atoms with E-state index in [9.17, 15) is 4.79 Å². The zero-order valence-electron chi connectivity index (χ0n) is 11.4. The van der Waals surface area contributed by atoms with Crippen LogP contribution in [0.3, 0.4) is 0 Å². The maximum Gasteiger partial charge on any atom is 0.222 e. The molecule has 4 nitrogen and oxygen atoms in total. The summed E-state index contributed by atoms with van der Waals surface area (Å²) in [5, 5.41) is 2.88. The lowest BCUT2D eigenvalue weighted by Crippen LogP contribution is -2.09. The van der Waals surface area contributed by atoms with Crippen molar-refractivity contribution in [1.29, 1.82) is 0 Å². The van der Waals surface area contributed by atoms with E-state index in [0.29, 0.717) is 5.82 Å². The van der Waals surface area contributed by atoms with Gasteiger partial charge in [-0.2, -0.15) is 0 Å². The van der Waals surface area contributed by atoms with Crippen molar-refractivity contribution >= 4 is 17.4 Å². The summed E-state index contributed by atoms with van der Waals surface area (Å²) in [4.78, 5) is 16.2. The molecule has 0 fully saturated rings. The molecule has 1 aromatic carbocycles. The van der Waals surface area contributed by atoms with E-state index in [1.165, 1.54) is 6.92 Å². The van der Waals surface area contributed by atoms with Gasteiger partial charge in [-0.3, -0.25) is 9.20 Å². The van der Waals surface area contributed by atoms with Crippen molar-refractivity contribution in [2.24, 2.45) is 0 Å². The van der Waals surface area contributed by atoms with Crippen LogP contribution in [-0.2, 0) is 4.79 Å². The van der Waals surface area contributed by atoms with E-state index in [-0.39, 0.29) is 5.91 Å². The molecule has 1 N–H and O–H groups in total. The summed E-state index contributed by atoms with van der Waals surface area (Å²) in [6, 6.07) is 13.8. The number of amides is 1. The van der Waals surface area contributed by atoms with Crippen molar-refractivity contribution < 1.29 is 4.79 Å². The average Bonchev–Trinajstić information content (AvgIpc) is 2.80. The standard InChI is InChI=1S/C16H15N3O/c1-11-7-6-10-19-15(11)18-14(16(19)17-12(2)20)13-8-4-3-5-9-13/h3-10H,1-2H3,(H,17,20). The summed E-state index contributed by atoms with van der Waals surface area (Å²) in [6.07, 6.45) is 1.91. The van der Waals surface area contributed by atoms with Crippen LogP contribution in [0, 0.1) is 6.92 Å². The van der Waals surface area contributed by atoms with Gasteiger partial charge in [-0.1, -0.05) is 36.4 Å². The summed E-state index contributed by atoms with van der Waals surface area (Å²) in [6.45, 7) is 3.51. The van der Waals surface area contributed by atoms with Gasteiger partial charge >= 0.3 is 0 Å². The molecule has 0 saturated heterocycles. The van der Waals surface area contributed by atoms with E-state index in [0.717, 1.165) is 22.5 Å². The molecule has 20 heavy (non-hydrogen) atoms. The maximum absolute atomic E-state index is 11.5. The van der Waals surface area contributed by atoms with Crippen molar-refractivity contribution in [3.63, 3.8) is 0 Å². The van der Waals surface area contributed by atoms with Gasteiger partial charge in [-0.15, -0.1) is 0 Å². The number of nitrogens with one attached hydrogen (secondary N) is 1. The van der Waals surface area contributed by atoms with Crippen molar-refractivity contribution in [2.45, 2.75) is 13.8 Å². The summed E-state index contributed by atoms with van der Waals surface area (Å²) >= 11 is 0. The first-order valence-corrected chi connectivity index (χ1v) is 6.47. The number of nitrogens with zero attached hydrogens (tertiary/aromatic N) is 2. The van der Waals surface area contributed by atoms with Gasteiger partial charge in [0.2, 0.25) is 5.91 Å². The number of rotatable bonds is 2. The van der Waals surface area contributed by atoms with Crippen LogP contribution >= 0.6 is 0 Å². The average molecular weight is 265 g/mol. The number of carbonyl (C=O) groups is 1. The fourth-order valence-electron chi connectivity index (χ4n) is 2.29. The predicted molar refractivity (Wildman–Crippen MR) is 79.7 cm³/mol. The third-order valence-corrected chi connectivity index (χ3v) is 3.19. The second-order valence-electron chi connectivity index (χ2n) is 4.74. The van der Waals surface area contributed by atoms with Crippen LogP contribution in [0.25, 0.3) is 16.9 Å². The Hall–Kier alpha value is -2.62. The number of fused-ring (bicyclic) bond motifs is 1. The van der Waals surface area contributed by atoms with E-state index in [1.807, 2.05) is 60.0 Å². The molecule has 1 amide bonds. The summed E-state index contributed by atoms with van der Waals surface area (Å²) in [5.74, 6) is 0.605. The van der Waals surface area contributed by atoms with Gasteiger partial charge < -0.3 is 5.32 Å². The molecule has 0 atom stereocenters. The third-order valence-electron chi connectivity index (χ3n) is 3.19. The lowest BCUT2D eigenvalue weighted by atomic mass is 10.1. The number of aromatic nitrogens is 2. The number of imidazole rings is 1. The van der Waals surface area contributed by atoms with E-state index >= 15 is 0 Å². The van der Waals surface area contributed by atoms with Crippen molar-refractivity contribution in [3.8, 4) is 11.3 Å². The topological polar surface area (TPSA) is 46.4 Å². The molecule has 0 unspecified atom stereocenters. The molecule has 0 bridgehead atoms. The smallest absolute Gasteiger partial charge is 0.222 e. The first-order valence-electron chi connectivity index (χ1n) is 6.47. The number of pyridine rings is 1. The number of carbonyl (C=O) groups excluding carboxylic acids is 1. The van der Waals surface area contributed by atoms with Crippen molar-refractivity contribution in [1.82, 2.24) is 9.38 Å². The van der Waals surface area contributed by atoms with Gasteiger partial charge in [0.15, 0.2) is 0 Å². The number of benzene rings is 1. The molecule has 3 rings (SSSR count). The molecule has 0 aliphatic carbocycles. The van der Waals surface area contributed by atoms with Gasteiger partial charge in [-0.25, -0.2) is 4.98 Å². The molecule has 2 aromatic heterocycles. The van der Waals surface area contributed by atoms with Crippen molar-refractivity contribution in [3.05, 3.63) is 54.2 Å². The Balaban J connectivity index is 2.30. The molecule has 0 radical (unpaired) electrons. The Kier molecular flexibility index (Phi) is 2.99. The normalized spacial score (nSPS) is 10.7. The first kappa shape index (κ1) is 12.4. The number of hydrogen-bond donors (Lipinski definition) is 1. The van der Waals surface area contributed by atoms with Crippen LogP contribution < -0.4 is 5.32 Å². The van der Waals surface area contributed by atoms with E-state index in [2.05, 4.69) is 10.3 Å². The molecule has 0 spiro atoms. The highest BCUT2D eigenvalue weighted by molar-refractivity contribution is 5.93. The predicted octanol–water partition coefficient (Wildman–Crippen LogP) is 3.27. The van der Waals surface area contributed by atoms with Gasteiger partial charge in [0.1, 0.15) is 17.2 Å². The number of hydrogen-bond acceptors (Lipinski definition) is 2. The minimum absolute atomic E-state index is 0.106. The minimum atomic E-state index is -0.106. The third kappa shape index (κ3) is 2.05. The summed E-state index contributed by atoms with van der Waals surface area (Å²) < 4.78 is 1.92. The minimum Gasteiger partial charge on any atom is -0.310 e. The Morgan fingerprint density at radius 2 is 1.90 bits per heavy atom. The Bertz CT molecular complexity index is 775. The molecule has 2 heterocycles. The fourth-order valence-corrected chi connectivity index (χ4v) is 2.29. The maximum atomic E-state index is 11.5. The van der Waals surface area contributed by atoms with Crippen molar-refractivity contribution in [2.75, 3.05) is 5.32 Å². The van der Waals surface area contributed by atoms with Gasteiger partial charge in [0, 0.05) is 18.7 Å². The lowest BCUT2D eigenvalue weighted by molar-refractivity contribution is -0.114. The van der Waals surface area contributed by atoms with Crippen LogP contribution in [0.1, 0.15) is 12.5 Å². The molecule has 0 aliphatic heterocycles. The van der Waals surface area contributed by atoms with Crippen LogP contribution in [-0.4, -0.2) is 15.3 Å². The largest absolute Gasteiger partial charge is 0.310 e. The highest BCUT2D eigenvalue weighted by Crippen LogP contribution is 2.29. The second-order valence-corrected chi connectivity index (χ2v) is 4.74. The van der Waals surface area contributed by atoms with Crippen LogP contribution in [0.2, 0.25) is 0 Å². The van der Waals surface area contributed by atoms with E-state index in [1.54, 1.807) is 0 Å². The Labute approximate surface area is 117 Å². The number of aryl methyl sites for hydroxylation is 1. The van der Waals surface area contributed by atoms with E-state index < -0.39 is 0 Å². The zero-order chi connectivity index (χ0) is 14.1. The van der Waals surface area contributed by atoms with Crippen LogP contribution in [0.4, 0.5) is 5.82 Å². The molecular formula is C16H15N3O. The van der Waals surface area contributed by atoms with E-state index in [4.69, 9.17) is 0 Å². The SMILES string of the molecule is CC(=O)Nc1c(-c2ccccc2)nc2c(C)cccn12. The summed E-state index contributed by atoms with van der Waals surface area (Å²) in [7, 11) is 0. The lowest BCUT2D eigenvalue weighted by Gasteiger charge is -2.05. The second kappa shape index (κ2) is 4.81. The quantitative estimate of drug-likeness (QED) is 0.773. The molecule has 3 aromatic rings. The van der Waals surface area contributed by atoms with Gasteiger partial charge in [0.05, 0.1) is 0 Å². The first-order chi connectivity index (χ1) is 9.66. The van der Waals surface area contributed by atoms with Crippen LogP contribution in [0.5, 0.6) is 0 Å². The molecule has 4 heteroatoms. The zero-order valence-corrected chi connectivity index (χ0v) is 11.4. The van der Waals surface area contributed by atoms with Crippen LogP contribution in [0.15, 0.2) is 48.7 Å². The fraction of sp³-hybridized carbons (Fsp3) is 0.125.